The summed E-state index contributed by atoms with van der Waals surface area (Å²) >= 11 is 0. The predicted octanol–water partition coefficient (Wildman–Crippen LogP) is 3.96. The fraction of sp³-hybridized carbons (Fsp3) is 0.583. The molecule has 1 unspecified atom stereocenters. The average molecular weight is 164 g/mol. The lowest BCUT2D eigenvalue weighted by Crippen LogP contribution is -2.04. The third kappa shape index (κ3) is 4.98. The van der Waals surface area contributed by atoms with Crippen LogP contribution in [-0.4, -0.2) is 0 Å². The van der Waals surface area contributed by atoms with Crippen LogP contribution in [0.5, 0.6) is 0 Å². The van der Waals surface area contributed by atoms with Gasteiger partial charge >= 0.3 is 0 Å². The first-order valence-electron chi connectivity index (χ1n) is 4.70. The fourth-order valence-corrected chi connectivity index (χ4v) is 1.14. The summed E-state index contributed by atoms with van der Waals surface area (Å²) in [6.45, 7) is 10.2. The Morgan fingerprint density at radius 3 is 2.50 bits per heavy atom. The summed E-state index contributed by atoms with van der Waals surface area (Å²) in [6.07, 6.45) is 8.42. The zero-order valence-electron chi connectivity index (χ0n) is 8.51. The van der Waals surface area contributed by atoms with Gasteiger partial charge in [-0.25, -0.2) is 0 Å². The molecule has 0 heteroatoms. The van der Waals surface area contributed by atoms with Crippen molar-refractivity contribution in [3.63, 3.8) is 0 Å². The second-order valence-electron chi connectivity index (χ2n) is 3.40. The van der Waals surface area contributed by atoms with E-state index in [1.54, 1.807) is 0 Å². The molecule has 12 heavy (non-hydrogen) atoms. The molecule has 0 aromatic heterocycles. The monoisotopic (exact) mass is 164 g/mol. The van der Waals surface area contributed by atoms with E-state index in [1.807, 2.05) is 19.1 Å². The zero-order chi connectivity index (χ0) is 9.40. The van der Waals surface area contributed by atoms with Crippen LogP contribution < -0.4 is 0 Å². The van der Waals surface area contributed by atoms with Gasteiger partial charge in [-0.05, 0) is 43.8 Å². The minimum Gasteiger partial charge on any atom is -0.130 e. The summed E-state index contributed by atoms with van der Waals surface area (Å²) in [4.78, 5) is 0. The largest absolute Gasteiger partial charge is 0.130 e. The molecule has 0 spiro atoms. The third-order valence-electron chi connectivity index (χ3n) is 2.04. The lowest BCUT2D eigenvalue weighted by Gasteiger charge is -2.14. The average Bonchev–Trinajstić information content (AvgIpc) is 2.04. The SMILES string of the molecule is C=CCCC(C=C=CC)C(C)C. The van der Waals surface area contributed by atoms with E-state index in [0.29, 0.717) is 11.8 Å². The first-order valence-corrected chi connectivity index (χ1v) is 4.70. The van der Waals surface area contributed by atoms with Crippen molar-refractivity contribution < 1.29 is 0 Å². The molecule has 0 N–H and O–H groups in total. The van der Waals surface area contributed by atoms with Gasteiger partial charge in [0.15, 0.2) is 0 Å². The normalized spacial score (nSPS) is 12.0. The molecule has 0 rings (SSSR count). The topological polar surface area (TPSA) is 0 Å². The first kappa shape index (κ1) is 11.3. The predicted molar refractivity (Wildman–Crippen MR) is 56.1 cm³/mol. The van der Waals surface area contributed by atoms with E-state index < -0.39 is 0 Å². The molecule has 0 aromatic rings. The van der Waals surface area contributed by atoms with Gasteiger partial charge in [-0.1, -0.05) is 19.9 Å². The molecule has 0 nitrogen and oxygen atoms in total. The Morgan fingerprint density at radius 1 is 1.42 bits per heavy atom. The smallest absolute Gasteiger partial charge is 0.0132 e. The van der Waals surface area contributed by atoms with Crippen molar-refractivity contribution in [3.05, 3.63) is 30.5 Å². The van der Waals surface area contributed by atoms with Crippen molar-refractivity contribution in [2.45, 2.75) is 33.6 Å². The molecule has 0 aromatic carbocycles. The molecule has 0 heterocycles. The van der Waals surface area contributed by atoms with Gasteiger partial charge < -0.3 is 0 Å². The number of hydrogen-bond acceptors (Lipinski definition) is 0. The maximum absolute atomic E-state index is 3.73. The van der Waals surface area contributed by atoms with Gasteiger partial charge in [-0.2, -0.15) is 0 Å². The summed E-state index contributed by atoms with van der Waals surface area (Å²) < 4.78 is 0. The van der Waals surface area contributed by atoms with E-state index in [2.05, 4.69) is 32.2 Å². The van der Waals surface area contributed by atoms with Crippen LogP contribution >= 0.6 is 0 Å². The number of hydrogen-bond donors (Lipinski definition) is 0. The lowest BCUT2D eigenvalue weighted by molar-refractivity contribution is 0.440. The molecule has 0 saturated carbocycles. The van der Waals surface area contributed by atoms with Crippen molar-refractivity contribution in [3.8, 4) is 0 Å². The molecule has 0 aliphatic carbocycles. The molecule has 68 valence electrons. The van der Waals surface area contributed by atoms with Crippen molar-refractivity contribution in [2.75, 3.05) is 0 Å². The van der Waals surface area contributed by atoms with E-state index in [9.17, 15) is 0 Å². The van der Waals surface area contributed by atoms with Crippen LogP contribution in [0.15, 0.2) is 30.5 Å². The molecule has 1 atom stereocenters. The van der Waals surface area contributed by atoms with Gasteiger partial charge in [0.05, 0.1) is 0 Å². The van der Waals surface area contributed by atoms with E-state index in [0.717, 1.165) is 6.42 Å². The highest BCUT2D eigenvalue weighted by atomic mass is 14.1. The quantitative estimate of drug-likeness (QED) is 0.426. The van der Waals surface area contributed by atoms with Gasteiger partial charge in [0.25, 0.3) is 0 Å². The van der Waals surface area contributed by atoms with Gasteiger partial charge in [-0.15, -0.1) is 12.3 Å². The molecule has 0 radical (unpaired) electrons. The summed E-state index contributed by atoms with van der Waals surface area (Å²) in [6, 6.07) is 0. The maximum atomic E-state index is 3.73. The Morgan fingerprint density at radius 2 is 2.08 bits per heavy atom. The fourth-order valence-electron chi connectivity index (χ4n) is 1.14. The number of rotatable bonds is 5. The van der Waals surface area contributed by atoms with Gasteiger partial charge in [0, 0.05) is 0 Å². The van der Waals surface area contributed by atoms with Crippen molar-refractivity contribution in [2.24, 2.45) is 11.8 Å². The molecular weight excluding hydrogens is 144 g/mol. The molecule has 0 fully saturated rings. The van der Waals surface area contributed by atoms with Crippen molar-refractivity contribution >= 4 is 0 Å². The van der Waals surface area contributed by atoms with E-state index in [-0.39, 0.29) is 0 Å². The van der Waals surface area contributed by atoms with E-state index in [1.165, 1.54) is 6.42 Å². The summed E-state index contributed by atoms with van der Waals surface area (Å²) in [5, 5.41) is 0. The Labute approximate surface area is 76.7 Å². The highest BCUT2D eigenvalue weighted by Gasteiger charge is 2.07. The zero-order valence-corrected chi connectivity index (χ0v) is 8.51. The second-order valence-corrected chi connectivity index (χ2v) is 3.40. The van der Waals surface area contributed by atoms with Gasteiger partial charge in [0.1, 0.15) is 0 Å². The Kier molecular flexibility index (Phi) is 6.51. The Balaban J connectivity index is 4.03. The van der Waals surface area contributed by atoms with Crippen LogP contribution in [0.3, 0.4) is 0 Å². The van der Waals surface area contributed by atoms with Crippen LogP contribution in [0.4, 0.5) is 0 Å². The summed E-state index contributed by atoms with van der Waals surface area (Å²) in [5.41, 5.74) is 3.15. The molecule has 0 bridgehead atoms. The molecule has 0 saturated heterocycles. The van der Waals surface area contributed by atoms with Crippen LogP contribution in [0.2, 0.25) is 0 Å². The van der Waals surface area contributed by atoms with Crippen LogP contribution in [-0.2, 0) is 0 Å². The standard InChI is InChI=1S/C12H20/c1-5-7-9-12(11(3)4)10-8-6-2/h5-6,10-12H,1,7,9H2,2-4H3. The lowest BCUT2D eigenvalue weighted by atomic mass is 9.91. The summed E-state index contributed by atoms with van der Waals surface area (Å²) in [5.74, 6) is 1.36. The van der Waals surface area contributed by atoms with Crippen LogP contribution in [0.1, 0.15) is 33.6 Å². The van der Waals surface area contributed by atoms with E-state index >= 15 is 0 Å². The maximum Gasteiger partial charge on any atom is -0.0132 e. The highest BCUT2D eigenvalue weighted by Crippen LogP contribution is 2.18. The molecule has 0 aliphatic heterocycles. The second kappa shape index (κ2) is 6.94. The minimum absolute atomic E-state index is 0.652. The highest BCUT2D eigenvalue weighted by molar-refractivity contribution is 4.90. The Bertz CT molecular complexity index is 168. The van der Waals surface area contributed by atoms with Crippen LogP contribution in [0, 0.1) is 11.8 Å². The van der Waals surface area contributed by atoms with Crippen LogP contribution in [0.25, 0.3) is 0 Å². The van der Waals surface area contributed by atoms with E-state index in [4.69, 9.17) is 0 Å². The first-order chi connectivity index (χ1) is 5.72. The van der Waals surface area contributed by atoms with Crippen molar-refractivity contribution in [1.29, 1.82) is 0 Å². The molecule has 0 amide bonds. The minimum atomic E-state index is 0.652. The van der Waals surface area contributed by atoms with Gasteiger partial charge in [0.2, 0.25) is 0 Å². The third-order valence-corrected chi connectivity index (χ3v) is 2.04. The van der Waals surface area contributed by atoms with Gasteiger partial charge in [-0.3, -0.25) is 0 Å². The van der Waals surface area contributed by atoms with Crippen molar-refractivity contribution in [1.82, 2.24) is 0 Å². The number of allylic oxidation sites excluding steroid dienone is 2. The summed E-state index contributed by atoms with van der Waals surface area (Å²) in [7, 11) is 0. The Hall–Kier alpha value is -0.740. The molecular formula is C12H20. The molecule has 0 aliphatic rings.